The van der Waals surface area contributed by atoms with Gasteiger partial charge in [-0.15, -0.1) is 11.3 Å². The van der Waals surface area contributed by atoms with Gasteiger partial charge in [0, 0.05) is 17.5 Å². The van der Waals surface area contributed by atoms with E-state index in [1.165, 1.54) is 11.1 Å². The molecule has 0 atom stereocenters. The van der Waals surface area contributed by atoms with Gasteiger partial charge in [-0.1, -0.05) is 45.0 Å². The summed E-state index contributed by atoms with van der Waals surface area (Å²) in [6.07, 6.45) is 1.03. The van der Waals surface area contributed by atoms with Crippen molar-refractivity contribution in [3.8, 4) is 11.1 Å². The minimum absolute atomic E-state index is 0.291. The van der Waals surface area contributed by atoms with Crippen LogP contribution in [-0.4, -0.2) is 16.5 Å². The second kappa shape index (κ2) is 6.85. The van der Waals surface area contributed by atoms with Crippen LogP contribution in [0.3, 0.4) is 0 Å². The normalized spacial score (nSPS) is 11.3. The van der Waals surface area contributed by atoms with Crippen LogP contribution in [0.5, 0.6) is 0 Å². The number of aromatic nitrogens is 2. The summed E-state index contributed by atoms with van der Waals surface area (Å²) in [5.41, 5.74) is 3.69. The topological polar surface area (TPSA) is 37.8 Å². The van der Waals surface area contributed by atoms with Crippen molar-refractivity contribution < 1.29 is 0 Å². The molecule has 2 aromatic heterocycles. The van der Waals surface area contributed by atoms with Gasteiger partial charge in [-0.25, -0.2) is 9.97 Å². The molecule has 3 rings (SSSR count). The highest BCUT2D eigenvalue weighted by atomic mass is 35.5. The second-order valence-electron chi connectivity index (χ2n) is 5.87. The maximum Gasteiger partial charge on any atom is 0.225 e. The number of rotatable bonds is 5. The second-order valence-corrected chi connectivity index (χ2v) is 7.07. The highest BCUT2D eigenvalue weighted by Gasteiger charge is 2.14. The number of benzene rings is 1. The van der Waals surface area contributed by atoms with Gasteiger partial charge >= 0.3 is 0 Å². The van der Waals surface area contributed by atoms with E-state index in [9.17, 15) is 0 Å². The van der Waals surface area contributed by atoms with Gasteiger partial charge in [0.2, 0.25) is 5.28 Å². The molecule has 0 radical (unpaired) electrons. The van der Waals surface area contributed by atoms with E-state index in [0.29, 0.717) is 11.2 Å². The summed E-state index contributed by atoms with van der Waals surface area (Å²) in [7, 11) is 0. The number of anilines is 1. The maximum absolute atomic E-state index is 6.06. The zero-order chi connectivity index (χ0) is 16.4. The largest absolute Gasteiger partial charge is 0.369 e. The first-order chi connectivity index (χ1) is 11.1. The van der Waals surface area contributed by atoms with Crippen LogP contribution in [-0.2, 0) is 0 Å². The lowest BCUT2D eigenvalue weighted by molar-refractivity contribution is 0.867. The molecule has 0 fully saturated rings. The van der Waals surface area contributed by atoms with E-state index in [0.717, 1.165) is 34.6 Å². The molecular weight excluding hydrogens is 326 g/mol. The molecular formula is C18H20ClN3S. The van der Waals surface area contributed by atoms with Gasteiger partial charge in [0.15, 0.2) is 0 Å². The van der Waals surface area contributed by atoms with E-state index in [4.69, 9.17) is 11.6 Å². The van der Waals surface area contributed by atoms with E-state index in [1.54, 1.807) is 11.3 Å². The highest BCUT2D eigenvalue weighted by molar-refractivity contribution is 7.17. The Balaban J connectivity index is 2.10. The first kappa shape index (κ1) is 16.2. The van der Waals surface area contributed by atoms with Crippen LogP contribution in [0.15, 0.2) is 29.6 Å². The molecule has 3 nitrogen and oxygen atoms in total. The van der Waals surface area contributed by atoms with Crippen molar-refractivity contribution >= 4 is 39.0 Å². The smallest absolute Gasteiger partial charge is 0.225 e. The average Bonchev–Trinajstić information content (AvgIpc) is 2.96. The summed E-state index contributed by atoms with van der Waals surface area (Å²) in [6, 6.07) is 8.74. The van der Waals surface area contributed by atoms with Gasteiger partial charge in [0.25, 0.3) is 0 Å². The maximum atomic E-state index is 6.06. The van der Waals surface area contributed by atoms with Crippen molar-refractivity contribution in [2.75, 3.05) is 11.9 Å². The van der Waals surface area contributed by atoms with Crippen LogP contribution < -0.4 is 5.32 Å². The van der Waals surface area contributed by atoms with Crippen LogP contribution in [0.2, 0.25) is 5.28 Å². The van der Waals surface area contributed by atoms with Crippen LogP contribution in [0.4, 0.5) is 5.82 Å². The standard InChI is InChI=1S/C18H20ClN3S/c1-4-9-20-16-15-14(10-23-17(15)22-18(19)21-16)13-7-5-12(6-8-13)11(2)3/h5-8,10-11H,4,9H2,1-3H3,(H,20,21,22). The molecule has 1 aromatic carbocycles. The molecule has 0 aliphatic rings. The molecule has 5 heteroatoms. The highest BCUT2D eigenvalue weighted by Crippen LogP contribution is 2.37. The molecule has 3 aromatic rings. The predicted molar refractivity (Wildman–Crippen MR) is 101 cm³/mol. The predicted octanol–water partition coefficient (Wildman–Crippen LogP) is 5.96. The van der Waals surface area contributed by atoms with Crippen molar-refractivity contribution in [1.82, 2.24) is 9.97 Å². The fourth-order valence-corrected chi connectivity index (χ4v) is 3.71. The lowest BCUT2D eigenvalue weighted by atomic mass is 9.99. The van der Waals surface area contributed by atoms with Crippen LogP contribution in [0, 0.1) is 0 Å². The molecule has 0 unspecified atom stereocenters. The Morgan fingerprint density at radius 1 is 1.17 bits per heavy atom. The Morgan fingerprint density at radius 3 is 2.57 bits per heavy atom. The third-order valence-electron chi connectivity index (χ3n) is 3.84. The van der Waals surface area contributed by atoms with E-state index < -0.39 is 0 Å². The van der Waals surface area contributed by atoms with E-state index in [2.05, 4.69) is 65.7 Å². The molecule has 0 amide bonds. The number of nitrogens with zero attached hydrogens (tertiary/aromatic N) is 2. The summed E-state index contributed by atoms with van der Waals surface area (Å²) < 4.78 is 0. The lowest BCUT2D eigenvalue weighted by Gasteiger charge is -2.09. The van der Waals surface area contributed by atoms with Gasteiger partial charge in [-0.2, -0.15) is 0 Å². The molecule has 0 spiro atoms. The van der Waals surface area contributed by atoms with Gasteiger partial charge in [-0.05, 0) is 35.1 Å². The number of fused-ring (bicyclic) bond motifs is 1. The molecule has 0 bridgehead atoms. The Kier molecular flexibility index (Phi) is 4.83. The summed E-state index contributed by atoms with van der Waals surface area (Å²) in [5, 5.41) is 6.86. The van der Waals surface area contributed by atoms with E-state index in [-0.39, 0.29) is 0 Å². The SMILES string of the molecule is CCCNc1nc(Cl)nc2scc(-c3ccc(C(C)C)cc3)c12. The fourth-order valence-electron chi connectivity index (χ4n) is 2.55. The monoisotopic (exact) mass is 345 g/mol. The van der Waals surface area contributed by atoms with Crippen molar-refractivity contribution in [3.05, 3.63) is 40.5 Å². The average molecular weight is 346 g/mol. The van der Waals surface area contributed by atoms with Crippen molar-refractivity contribution in [2.24, 2.45) is 0 Å². The fraction of sp³-hybridized carbons (Fsp3) is 0.333. The molecule has 23 heavy (non-hydrogen) atoms. The number of nitrogens with one attached hydrogen (secondary N) is 1. The molecule has 0 aliphatic heterocycles. The van der Waals surface area contributed by atoms with Crippen molar-refractivity contribution in [2.45, 2.75) is 33.1 Å². The van der Waals surface area contributed by atoms with E-state index >= 15 is 0 Å². The Hall–Kier alpha value is -1.65. The van der Waals surface area contributed by atoms with Gasteiger partial charge in [-0.3, -0.25) is 0 Å². The molecule has 2 heterocycles. The molecule has 0 aliphatic carbocycles. The summed E-state index contributed by atoms with van der Waals surface area (Å²) in [4.78, 5) is 9.68. The molecule has 120 valence electrons. The zero-order valence-electron chi connectivity index (χ0n) is 13.6. The number of halogens is 1. The van der Waals surface area contributed by atoms with Crippen molar-refractivity contribution in [3.63, 3.8) is 0 Å². The first-order valence-electron chi connectivity index (χ1n) is 7.89. The Bertz CT molecular complexity index is 809. The summed E-state index contributed by atoms with van der Waals surface area (Å²) in [5.74, 6) is 1.36. The summed E-state index contributed by atoms with van der Waals surface area (Å²) in [6.45, 7) is 7.41. The minimum Gasteiger partial charge on any atom is -0.369 e. The van der Waals surface area contributed by atoms with Crippen LogP contribution >= 0.6 is 22.9 Å². The third kappa shape index (κ3) is 3.33. The molecule has 0 saturated carbocycles. The quantitative estimate of drug-likeness (QED) is 0.580. The van der Waals surface area contributed by atoms with Gasteiger partial charge in [0.1, 0.15) is 10.6 Å². The minimum atomic E-state index is 0.291. The lowest BCUT2D eigenvalue weighted by Crippen LogP contribution is -2.03. The number of hydrogen-bond acceptors (Lipinski definition) is 4. The Morgan fingerprint density at radius 2 is 1.91 bits per heavy atom. The van der Waals surface area contributed by atoms with Gasteiger partial charge in [0.05, 0.1) is 5.39 Å². The zero-order valence-corrected chi connectivity index (χ0v) is 15.1. The molecule has 1 N–H and O–H groups in total. The van der Waals surface area contributed by atoms with Crippen LogP contribution in [0.1, 0.15) is 38.7 Å². The molecule has 0 saturated heterocycles. The summed E-state index contributed by atoms with van der Waals surface area (Å²) >= 11 is 7.66. The van der Waals surface area contributed by atoms with Crippen molar-refractivity contribution in [1.29, 1.82) is 0 Å². The number of thiophene rings is 1. The first-order valence-corrected chi connectivity index (χ1v) is 9.14. The Labute approximate surface area is 145 Å². The van der Waals surface area contributed by atoms with Crippen LogP contribution in [0.25, 0.3) is 21.3 Å². The third-order valence-corrected chi connectivity index (χ3v) is 4.88. The van der Waals surface area contributed by atoms with E-state index in [1.807, 2.05) is 0 Å². The number of hydrogen-bond donors (Lipinski definition) is 1. The van der Waals surface area contributed by atoms with Gasteiger partial charge < -0.3 is 5.32 Å².